The number of alkyl halides is 1. The highest BCUT2D eigenvalue weighted by atomic mass is 79.9. The van der Waals surface area contributed by atoms with Gasteiger partial charge in [0, 0.05) is 30.8 Å². The van der Waals surface area contributed by atoms with Crippen molar-refractivity contribution in [3.05, 3.63) is 18.0 Å². The summed E-state index contributed by atoms with van der Waals surface area (Å²) in [5, 5.41) is 0.822. The number of rotatable bonds is 3. The van der Waals surface area contributed by atoms with E-state index in [0.29, 0.717) is 0 Å². The molecule has 1 aliphatic heterocycles. The predicted octanol–water partition coefficient (Wildman–Crippen LogP) is 3.24. The Kier molecular flexibility index (Phi) is 4.37. The molecule has 1 fully saturated rings. The van der Waals surface area contributed by atoms with Gasteiger partial charge in [-0.3, -0.25) is 0 Å². The minimum Gasteiger partial charge on any atom is -0.341 e. The summed E-state index contributed by atoms with van der Waals surface area (Å²) in [7, 11) is 0. The Hall–Kier alpha value is -0.640. The van der Waals surface area contributed by atoms with Crippen molar-refractivity contribution in [2.45, 2.75) is 32.0 Å². The summed E-state index contributed by atoms with van der Waals surface area (Å²) < 4.78 is 0. The first-order valence-electron chi connectivity index (χ1n) is 6.32. The van der Waals surface area contributed by atoms with Gasteiger partial charge in [0.1, 0.15) is 0 Å². The summed E-state index contributed by atoms with van der Waals surface area (Å²) in [5.41, 5.74) is 1.13. The van der Waals surface area contributed by atoms with Crippen LogP contribution in [0.5, 0.6) is 0 Å². The molecule has 0 unspecified atom stereocenters. The Morgan fingerprint density at radius 2 is 1.88 bits per heavy atom. The Morgan fingerprint density at radius 1 is 1.29 bits per heavy atom. The first-order valence-corrected chi connectivity index (χ1v) is 7.44. The summed E-state index contributed by atoms with van der Waals surface area (Å²) in [6.45, 7) is 6.83. The van der Waals surface area contributed by atoms with Crippen molar-refractivity contribution in [2.24, 2.45) is 11.8 Å². The van der Waals surface area contributed by atoms with Crippen LogP contribution in [-0.2, 0) is 5.33 Å². The minimum absolute atomic E-state index is 0.800. The van der Waals surface area contributed by atoms with Gasteiger partial charge in [-0.15, -0.1) is 0 Å². The highest BCUT2D eigenvalue weighted by Gasteiger charge is 2.22. The molecular weight excluding hydrogens is 278 g/mol. The highest BCUT2D eigenvalue weighted by Crippen LogP contribution is 2.26. The molecule has 1 aromatic heterocycles. The zero-order valence-electron chi connectivity index (χ0n) is 10.6. The van der Waals surface area contributed by atoms with Crippen LogP contribution in [0.4, 0.5) is 5.95 Å². The lowest BCUT2D eigenvalue weighted by Gasteiger charge is -2.33. The van der Waals surface area contributed by atoms with Crippen molar-refractivity contribution in [2.75, 3.05) is 18.0 Å². The van der Waals surface area contributed by atoms with Crippen LogP contribution in [0.2, 0.25) is 0 Å². The van der Waals surface area contributed by atoms with E-state index in [9.17, 15) is 0 Å². The Morgan fingerprint density at radius 3 is 2.35 bits per heavy atom. The molecule has 2 rings (SSSR count). The zero-order valence-corrected chi connectivity index (χ0v) is 12.2. The number of nitrogens with zero attached hydrogens (tertiary/aromatic N) is 3. The topological polar surface area (TPSA) is 29.0 Å². The molecule has 0 aliphatic carbocycles. The van der Waals surface area contributed by atoms with E-state index in [1.807, 2.05) is 12.4 Å². The highest BCUT2D eigenvalue weighted by molar-refractivity contribution is 9.08. The molecule has 1 saturated heterocycles. The van der Waals surface area contributed by atoms with Crippen LogP contribution in [0.15, 0.2) is 12.4 Å². The second-order valence-corrected chi connectivity index (χ2v) is 5.65. The van der Waals surface area contributed by atoms with Gasteiger partial charge < -0.3 is 4.90 Å². The maximum absolute atomic E-state index is 4.43. The van der Waals surface area contributed by atoms with Crippen LogP contribution < -0.4 is 4.90 Å². The Bertz CT molecular complexity index is 342. The first kappa shape index (κ1) is 12.8. The fraction of sp³-hybridized carbons (Fsp3) is 0.692. The van der Waals surface area contributed by atoms with E-state index in [-0.39, 0.29) is 0 Å². The van der Waals surface area contributed by atoms with E-state index in [1.165, 1.54) is 12.8 Å². The van der Waals surface area contributed by atoms with Gasteiger partial charge in [-0.2, -0.15) is 0 Å². The average molecular weight is 298 g/mol. The van der Waals surface area contributed by atoms with Gasteiger partial charge in [0.05, 0.1) is 0 Å². The second kappa shape index (κ2) is 5.80. The third kappa shape index (κ3) is 3.18. The molecule has 1 aromatic rings. The predicted molar refractivity (Wildman–Crippen MR) is 74.4 cm³/mol. The van der Waals surface area contributed by atoms with E-state index in [0.717, 1.165) is 41.8 Å². The normalized spacial score (nSPS) is 17.8. The van der Waals surface area contributed by atoms with Crippen LogP contribution in [-0.4, -0.2) is 23.1 Å². The van der Waals surface area contributed by atoms with Crippen LogP contribution in [0, 0.1) is 11.8 Å². The number of anilines is 1. The van der Waals surface area contributed by atoms with Crippen LogP contribution >= 0.6 is 15.9 Å². The monoisotopic (exact) mass is 297 g/mol. The maximum Gasteiger partial charge on any atom is 0.225 e. The molecule has 0 spiro atoms. The smallest absolute Gasteiger partial charge is 0.225 e. The summed E-state index contributed by atoms with van der Waals surface area (Å²) in [6, 6.07) is 0. The number of aromatic nitrogens is 2. The van der Waals surface area contributed by atoms with Crippen molar-refractivity contribution in [3.8, 4) is 0 Å². The average Bonchev–Trinajstić information content (AvgIpc) is 2.39. The van der Waals surface area contributed by atoms with E-state index < -0.39 is 0 Å². The molecule has 2 heterocycles. The number of hydrogen-bond acceptors (Lipinski definition) is 3. The van der Waals surface area contributed by atoms with Crippen molar-refractivity contribution >= 4 is 21.9 Å². The lowest BCUT2D eigenvalue weighted by molar-refractivity contribution is 0.310. The summed E-state index contributed by atoms with van der Waals surface area (Å²) in [6.07, 6.45) is 6.35. The molecule has 0 N–H and O–H groups in total. The van der Waals surface area contributed by atoms with Gasteiger partial charge in [0.25, 0.3) is 0 Å². The molecule has 0 aromatic carbocycles. The summed E-state index contributed by atoms with van der Waals surface area (Å²) in [4.78, 5) is 11.2. The first-order chi connectivity index (χ1) is 8.20. The van der Waals surface area contributed by atoms with Gasteiger partial charge in [-0.25, -0.2) is 9.97 Å². The van der Waals surface area contributed by atoms with E-state index in [4.69, 9.17) is 0 Å². The molecule has 1 aliphatic rings. The summed E-state index contributed by atoms with van der Waals surface area (Å²) in [5.74, 6) is 2.55. The fourth-order valence-electron chi connectivity index (χ4n) is 2.35. The lowest BCUT2D eigenvalue weighted by Crippen LogP contribution is -2.36. The molecule has 4 heteroatoms. The molecule has 94 valence electrons. The molecule has 0 amide bonds. The van der Waals surface area contributed by atoms with E-state index >= 15 is 0 Å². The minimum atomic E-state index is 0.800. The quantitative estimate of drug-likeness (QED) is 0.802. The van der Waals surface area contributed by atoms with E-state index in [2.05, 4.69) is 44.6 Å². The largest absolute Gasteiger partial charge is 0.341 e. The van der Waals surface area contributed by atoms with E-state index in [1.54, 1.807) is 0 Å². The third-order valence-electron chi connectivity index (χ3n) is 3.61. The molecule has 17 heavy (non-hydrogen) atoms. The number of halogens is 1. The summed E-state index contributed by atoms with van der Waals surface area (Å²) >= 11 is 3.41. The molecule has 0 saturated carbocycles. The van der Waals surface area contributed by atoms with Gasteiger partial charge in [0.15, 0.2) is 0 Å². The maximum atomic E-state index is 4.43. The van der Waals surface area contributed by atoms with Crippen LogP contribution in [0.1, 0.15) is 32.3 Å². The van der Waals surface area contributed by atoms with Crippen molar-refractivity contribution in [1.82, 2.24) is 9.97 Å². The zero-order chi connectivity index (χ0) is 12.3. The van der Waals surface area contributed by atoms with Crippen molar-refractivity contribution in [1.29, 1.82) is 0 Å². The number of piperidine rings is 1. The third-order valence-corrected chi connectivity index (χ3v) is 4.26. The number of hydrogen-bond donors (Lipinski definition) is 0. The van der Waals surface area contributed by atoms with Gasteiger partial charge in [-0.1, -0.05) is 29.8 Å². The Balaban J connectivity index is 1.95. The van der Waals surface area contributed by atoms with Crippen molar-refractivity contribution in [3.63, 3.8) is 0 Å². The lowest BCUT2D eigenvalue weighted by atomic mass is 9.87. The standard InChI is InChI=1S/C13H20BrN3/c1-10(2)12-3-5-17(6-4-12)13-15-8-11(7-14)9-16-13/h8-10,12H,3-7H2,1-2H3. The molecule has 3 nitrogen and oxygen atoms in total. The second-order valence-electron chi connectivity index (χ2n) is 5.09. The molecule has 0 atom stereocenters. The van der Waals surface area contributed by atoms with Crippen LogP contribution in [0.25, 0.3) is 0 Å². The SMILES string of the molecule is CC(C)C1CCN(c2ncc(CBr)cn2)CC1. The Labute approximate surface area is 112 Å². The van der Waals surface area contributed by atoms with Gasteiger partial charge in [0.2, 0.25) is 5.95 Å². The molecular formula is C13H20BrN3. The van der Waals surface area contributed by atoms with Crippen LogP contribution in [0.3, 0.4) is 0 Å². The van der Waals surface area contributed by atoms with Crippen molar-refractivity contribution < 1.29 is 0 Å². The van der Waals surface area contributed by atoms with Gasteiger partial charge in [-0.05, 0) is 30.2 Å². The molecule has 0 bridgehead atoms. The molecule has 0 radical (unpaired) electrons. The van der Waals surface area contributed by atoms with Gasteiger partial charge >= 0.3 is 0 Å². The fourth-order valence-corrected chi connectivity index (χ4v) is 2.64.